The second-order valence-corrected chi connectivity index (χ2v) is 7.32. The number of aromatic nitrogens is 2. The van der Waals surface area contributed by atoms with E-state index in [-0.39, 0.29) is 18.3 Å². The van der Waals surface area contributed by atoms with Crippen LogP contribution >= 0.6 is 0 Å². The monoisotopic (exact) mass is 372 g/mol. The zero-order chi connectivity index (χ0) is 19.6. The quantitative estimate of drug-likeness (QED) is 0.751. The Balaban J connectivity index is 1.71. The Hall–Kier alpha value is -2.90. The van der Waals surface area contributed by atoms with E-state index in [0.29, 0.717) is 18.2 Å². The fourth-order valence-electron chi connectivity index (χ4n) is 2.94. The fourth-order valence-corrected chi connectivity index (χ4v) is 2.94. The van der Waals surface area contributed by atoms with E-state index >= 15 is 0 Å². The Labute approximate surface area is 157 Å². The number of benzene rings is 1. The molecule has 1 saturated heterocycles. The largest absolute Gasteiger partial charge is 0.497 e. The molecule has 8 nitrogen and oxygen atoms in total. The summed E-state index contributed by atoms with van der Waals surface area (Å²) in [5.74, 6) is 1.43. The van der Waals surface area contributed by atoms with Gasteiger partial charge in [0, 0.05) is 5.56 Å². The van der Waals surface area contributed by atoms with E-state index in [1.54, 1.807) is 38.3 Å². The Kier molecular flexibility index (Phi) is 5.16. The lowest BCUT2D eigenvalue weighted by molar-refractivity contribution is -0.131. The number of rotatable bonds is 7. The Morgan fingerprint density at radius 3 is 2.56 bits per heavy atom. The van der Waals surface area contributed by atoms with Crippen molar-refractivity contribution in [1.82, 2.24) is 20.4 Å². The number of methoxy groups -OCH3 is 1. The molecule has 1 aromatic carbocycles. The summed E-state index contributed by atoms with van der Waals surface area (Å²) < 4.78 is 10.8. The van der Waals surface area contributed by atoms with Crippen LogP contribution in [0, 0.1) is 5.92 Å². The molecule has 0 aliphatic carbocycles. The highest BCUT2D eigenvalue weighted by atomic mass is 16.5. The number of nitrogens with one attached hydrogen (secondary N) is 1. The first-order valence-electron chi connectivity index (χ1n) is 8.93. The number of carbonyl (C=O) groups excluding carboxylic acids is 2. The molecule has 1 atom stereocenters. The van der Waals surface area contributed by atoms with Crippen LogP contribution in [0.3, 0.4) is 0 Å². The lowest BCUT2D eigenvalue weighted by Crippen LogP contribution is -2.44. The van der Waals surface area contributed by atoms with Crippen molar-refractivity contribution in [1.29, 1.82) is 0 Å². The third-order valence-electron chi connectivity index (χ3n) is 4.66. The van der Waals surface area contributed by atoms with E-state index in [2.05, 4.69) is 29.4 Å². The fraction of sp³-hybridized carbons (Fsp3) is 0.474. The van der Waals surface area contributed by atoms with Gasteiger partial charge in [0.05, 0.1) is 7.11 Å². The molecule has 0 saturated carbocycles. The van der Waals surface area contributed by atoms with Crippen LogP contribution in [-0.2, 0) is 11.3 Å². The summed E-state index contributed by atoms with van der Waals surface area (Å²) in [4.78, 5) is 26.2. The summed E-state index contributed by atoms with van der Waals surface area (Å²) in [6.45, 7) is 5.88. The Morgan fingerprint density at radius 2 is 1.93 bits per heavy atom. The van der Waals surface area contributed by atoms with Gasteiger partial charge in [-0.1, -0.05) is 13.8 Å². The standard InChI is InChI=1S/C19H24N4O4/c1-12(2)9-10-19(3)17(24)23(18(25)20-19)11-15-21-22-16(27-15)13-5-7-14(26-4)8-6-13/h5-8,12H,9-11H2,1-4H3,(H,20,25). The third-order valence-corrected chi connectivity index (χ3v) is 4.66. The zero-order valence-corrected chi connectivity index (χ0v) is 16.0. The molecular weight excluding hydrogens is 348 g/mol. The number of hydrogen-bond acceptors (Lipinski definition) is 6. The molecule has 2 heterocycles. The van der Waals surface area contributed by atoms with Gasteiger partial charge in [0.15, 0.2) is 0 Å². The van der Waals surface area contributed by atoms with Crippen molar-refractivity contribution in [2.45, 2.75) is 45.7 Å². The van der Waals surface area contributed by atoms with Crippen LogP contribution in [0.2, 0.25) is 0 Å². The molecular formula is C19H24N4O4. The lowest BCUT2D eigenvalue weighted by atomic mass is 9.92. The molecule has 0 radical (unpaired) electrons. The molecule has 2 aromatic rings. The van der Waals surface area contributed by atoms with Gasteiger partial charge in [0.25, 0.3) is 5.91 Å². The molecule has 1 aliphatic heterocycles. The Bertz CT molecular complexity index is 830. The van der Waals surface area contributed by atoms with Gasteiger partial charge in [0.1, 0.15) is 17.8 Å². The highest BCUT2D eigenvalue weighted by molar-refractivity contribution is 6.06. The molecule has 27 heavy (non-hydrogen) atoms. The third kappa shape index (κ3) is 3.94. The van der Waals surface area contributed by atoms with Gasteiger partial charge in [-0.2, -0.15) is 0 Å². The van der Waals surface area contributed by atoms with Crippen molar-refractivity contribution < 1.29 is 18.7 Å². The average Bonchev–Trinajstić information content (AvgIpc) is 3.19. The van der Waals surface area contributed by atoms with Gasteiger partial charge >= 0.3 is 6.03 Å². The van der Waals surface area contributed by atoms with Crippen molar-refractivity contribution in [3.63, 3.8) is 0 Å². The van der Waals surface area contributed by atoms with Crippen molar-refractivity contribution in [2.75, 3.05) is 7.11 Å². The van der Waals surface area contributed by atoms with E-state index in [4.69, 9.17) is 9.15 Å². The second kappa shape index (κ2) is 7.38. The van der Waals surface area contributed by atoms with Crippen LogP contribution < -0.4 is 10.1 Å². The van der Waals surface area contributed by atoms with Crippen LogP contribution in [0.15, 0.2) is 28.7 Å². The van der Waals surface area contributed by atoms with Gasteiger partial charge in [-0.25, -0.2) is 4.79 Å². The van der Waals surface area contributed by atoms with Crippen LogP contribution in [0.1, 0.15) is 39.5 Å². The van der Waals surface area contributed by atoms with Crippen molar-refractivity contribution in [3.05, 3.63) is 30.2 Å². The van der Waals surface area contributed by atoms with Gasteiger partial charge in [-0.15, -0.1) is 10.2 Å². The predicted molar refractivity (Wildman–Crippen MR) is 97.8 cm³/mol. The van der Waals surface area contributed by atoms with E-state index in [0.717, 1.165) is 22.6 Å². The number of hydrogen-bond donors (Lipinski definition) is 1. The number of imide groups is 1. The summed E-state index contributed by atoms with van der Waals surface area (Å²) in [5, 5.41) is 10.8. The predicted octanol–water partition coefficient (Wildman–Crippen LogP) is 2.99. The molecule has 1 aliphatic rings. The maximum absolute atomic E-state index is 12.7. The minimum Gasteiger partial charge on any atom is -0.497 e. The van der Waals surface area contributed by atoms with E-state index in [1.807, 2.05) is 0 Å². The lowest BCUT2D eigenvalue weighted by Gasteiger charge is -2.22. The first kappa shape index (κ1) is 18.9. The van der Waals surface area contributed by atoms with E-state index in [9.17, 15) is 9.59 Å². The highest BCUT2D eigenvalue weighted by Gasteiger charge is 2.47. The van der Waals surface area contributed by atoms with Crippen LogP contribution in [0.25, 0.3) is 11.5 Å². The SMILES string of the molecule is COc1ccc(-c2nnc(CN3C(=O)NC(C)(CCC(C)C)C3=O)o2)cc1. The van der Waals surface area contributed by atoms with Gasteiger partial charge in [-0.05, 0) is 49.9 Å². The van der Waals surface area contributed by atoms with E-state index < -0.39 is 11.6 Å². The zero-order valence-electron chi connectivity index (χ0n) is 16.0. The number of ether oxygens (including phenoxy) is 1. The molecule has 8 heteroatoms. The summed E-state index contributed by atoms with van der Waals surface area (Å²) in [6, 6.07) is 6.74. The highest BCUT2D eigenvalue weighted by Crippen LogP contribution is 2.27. The number of nitrogens with zero attached hydrogens (tertiary/aromatic N) is 3. The summed E-state index contributed by atoms with van der Waals surface area (Å²) in [5.41, 5.74) is -0.159. The summed E-state index contributed by atoms with van der Waals surface area (Å²) in [6.07, 6.45) is 1.44. The molecule has 1 unspecified atom stereocenters. The van der Waals surface area contributed by atoms with Crippen molar-refractivity contribution in [3.8, 4) is 17.2 Å². The van der Waals surface area contributed by atoms with Crippen LogP contribution in [0.4, 0.5) is 4.79 Å². The van der Waals surface area contributed by atoms with Gasteiger partial charge < -0.3 is 14.5 Å². The molecule has 144 valence electrons. The van der Waals surface area contributed by atoms with Crippen LogP contribution in [0.5, 0.6) is 5.75 Å². The summed E-state index contributed by atoms with van der Waals surface area (Å²) in [7, 11) is 1.59. The van der Waals surface area contributed by atoms with E-state index in [1.165, 1.54) is 0 Å². The first-order chi connectivity index (χ1) is 12.8. The first-order valence-corrected chi connectivity index (χ1v) is 8.93. The number of carbonyl (C=O) groups is 2. The second-order valence-electron chi connectivity index (χ2n) is 7.32. The van der Waals surface area contributed by atoms with Crippen LogP contribution in [-0.4, -0.2) is 39.7 Å². The minimum absolute atomic E-state index is 0.0505. The molecule has 1 fully saturated rings. The average molecular weight is 372 g/mol. The molecule has 1 N–H and O–H groups in total. The van der Waals surface area contributed by atoms with Gasteiger partial charge in [-0.3, -0.25) is 9.69 Å². The topological polar surface area (TPSA) is 97.6 Å². The minimum atomic E-state index is -0.889. The maximum Gasteiger partial charge on any atom is 0.325 e. The van der Waals surface area contributed by atoms with Gasteiger partial charge in [0.2, 0.25) is 11.8 Å². The summed E-state index contributed by atoms with van der Waals surface area (Å²) >= 11 is 0. The molecule has 0 bridgehead atoms. The number of urea groups is 1. The van der Waals surface area contributed by atoms with Crippen molar-refractivity contribution in [2.24, 2.45) is 5.92 Å². The van der Waals surface area contributed by atoms with Crippen molar-refractivity contribution >= 4 is 11.9 Å². The molecule has 3 amide bonds. The molecule has 3 rings (SSSR count). The normalized spacial score (nSPS) is 19.7. The molecule has 0 spiro atoms. The smallest absolute Gasteiger partial charge is 0.325 e. The molecule has 1 aromatic heterocycles. The maximum atomic E-state index is 12.7. The Morgan fingerprint density at radius 1 is 1.22 bits per heavy atom. The number of amides is 3.